The molecule has 0 unspecified atom stereocenters. The van der Waals surface area contributed by atoms with Crippen molar-refractivity contribution in [3.63, 3.8) is 0 Å². The predicted octanol–water partition coefficient (Wildman–Crippen LogP) is 0.970. The van der Waals surface area contributed by atoms with Gasteiger partial charge in [-0.2, -0.15) is 0 Å². The first-order valence-corrected chi connectivity index (χ1v) is 8.41. The van der Waals surface area contributed by atoms with Gasteiger partial charge in [-0.05, 0) is 30.9 Å². The number of hydrogen-bond acceptors (Lipinski definition) is 6. The Hall–Kier alpha value is -2.06. The molecule has 0 saturated carbocycles. The summed E-state index contributed by atoms with van der Waals surface area (Å²) in [6, 6.07) is 0. The molecular formula is C14H15NO6S. The van der Waals surface area contributed by atoms with Crippen LogP contribution in [0.1, 0.15) is 12.8 Å². The molecule has 3 rings (SSSR count). The van der Waals surface area contributed by atoms with Crippen molar-refractivity contribution in [3.05, 3.63) is 34.1 Å². The fourth-order valence-corrected chi connectivity index (χ4v) is 4.22. The summed E-state index contributed by atoms with van der Waals surface area (Å²) in [5, 5.41) is 3.02. The number of rotatable bonds is 2. The van der Waals surface area contributed by atoms with Gasteiger partial charge in [-0.3, -0.25) is 4.79 Å². The van der Waals surface area contributed by atoms with E-state index in [0.29, 0.717) is 26.1 Å². The summed E-state index contributed by atoms with van der Waals surface area (Å²) in [6.07, 6.45) is 4.28. The Morgan fingerprint density at radius 2 is 1.68 bits per heavy atom. The van der Waals surface area contributed by atoms with Gasteiger partial charge in [-0.25, -0.2) is 9.59 Å². The van der Waals surface area contributed by atoms with E-state index in [4.69, 9.17) is 18.8 Å². The maximum Gasteiger partial charge on any atom is 0.367 e. The second-order valence-corrected chi connectivity index (χ2v) is 7.08. The van der Waals surface area contributed by atoms with Gasteiger partial charge in [0.25, 0.3) is 5.91 Å². The topological polar surface area (TPSA) is 105 Å². The molecule has 118 valence electrons. The van der Waals surface area contributed by atoms with Gasteiger partial charge < -0.3 is 18.8 Å². The molecule has 0 aromatic rings. The third-order valence-corrected chi connectivity index (χ3v) is 5.53. The largest absolute Gasteiger partial charge is 0.381 e. The SMILES string of the molecule is NC(=O)C1=C(C2CCOCC2)C(=O)OS2(C=CC=C2)OC1=O. The summed E-state index contributed by atoms with van der Waals surface area (Å²) in [7, 11) is -2.58. The van der Waals surface area contributed by atoms with Gasteiger partial charge in [-0.15, -0.1) is 0 Å². The lowest BCUT2D eigenvalue weighted by atomic mass is 9.87. The second-order valence-electron chi connectivity index (χ2n) is 5.03. The van der Waals surface area contributed by atoms with Crippen LogP contribution in [0.3, 0.4) is 0 Å². The van der Waals surface area contributed by atoms with E-state index >= 15 is 0 Å². The van der Waals surface area contributed by atoms with Crippen LogP contribution in [-0.4, -0.2) is 31.1 Å². The Balaban J connectivity index is 2.04. The molecule has 0 atom stereocenters. The Kier molecular flexibility index (Phi) is 3.79. The fraction of sp³-hybridized carbons (Fsp3) is 0.357. The number of hydrogen-bond donors (Lipinski definition) is 1. The summed E-state index contributed by atoms with van der Waals surface area (Å²) in [6.45, 7) is 0.890. The lowest BCUT2D eigenvalue weighted by Crippen LogP contribution is -2.29. The molecule has 7 nitrogen and oxygen atoms in total. The zero-order valence-corrected chi connectivity index (χ0v) is 12.5. The number of carbonyl (C=O) groups is 3. The molecule has 0 radical (unpaired) electrons. The van der Waals surface area contributed by atoms with Crippen LogP contribution in [-0.2, 0) is 27.5 Å². The lowest BCUT2D eigenvalue weighted by Gasteiger charge is -2.32. The van der Waals surface area contributed by atoms with Gasteiger partial charge in [0.05, 0.1) is 5.57 Å². The van der Waals surface area contributed by atoms with Gasteiger partial charge in [0.15, 0.2) is 0 Å². The molecule has 2 N–H and O–H groups in total. The van der Waals surface area contributed by atoms with Crippen molar-refractivity contribution in [1.82, 2.24) is 0 Å². The number of amides is 1. The van der Waals surface area contributed by atoms with Crippen LogP contribution in [0.2, 0.25) is 0 Å². The normalized spacial score (nSPS) is 25.8. The van der Waals surface area contributed by atoms with E-state index in [0.717, 1.165) is 0 Å². The van der Waals surface area contributed by atoms with Gasteiger partial charge in [0.2, 0.25) is 0 Å². The molecule has 8 heteroatoms. The lowest BCUT2D eigenvalue weighted by molar-refractivity contribution is -0.131. The number of primary amides is 1. The summed E-state index contributed by atoms with van der Waals surface area (Å²) >= 11 is 0. The van der Waals surface area contributed by atoms with Crippen molar-refractivity contribution in [3.8, 4) is 0 Å². The molecule has 3 aliphatic rings. The molecular weight excluding hydrogens is 310 g/mol. The average molecular weight is 325 g/mol. The van der Waals surface area contributed by atoms with E-state index in [9.17, 15) is 14.4 Å². The van der Waals surface area contributed by atoms with Gasteiger partial charge >= 0.3 is 11.9 Å². The quantitative estimate of drug-likeness (QED) is 0.759. The number of carbonyl (C=O) groups excluding carboxylic acids is 3. The highest BCUT2D eigenvalue weighted by Crippen LogP contribution is 2.58. The highest BCUT2D eigenvalue weighted by atomic mass is 32.3. The van der Waals surface area contributed by atoms with Crippen molar-refractivity contribution in [2.24, 2.45) is 11.7 Å². The minimum Gasteiger partial charge on any atom is -0.381 e. The zero-order valence-electron chi connectivity index (χ0n) is 11.7. The van der Waals surface area contributed by atoms with E-state index in [1.165, 1.54) is 10.8 Å². The van der Waals surface area contributed by atoms with Gasteiger partial charge in [0.1, 0.15) is 5.57 Å². The van der Waals surface area contributed by atoms with Crippen LogP contribution in [0.4, 0.5) is 0 Å². The van der Waals surface area contributed by atoms with E-state index in [-0.39, 0.29) is 11.5 Å². The molecule has 0 aromatic carbocycles. The molecule has 0 aromatic heterocycles. The Morgan fingerprint density at radius 3 is 2.27 bits per heavy atom. The van der Waals surface area contributed by atoms with Crippen LogP contribution in [0.25, 0.3) is 0 Å². The van der Waals surface area contributed by atoms with Gasteiger partial charge in [-0.1, -0.05) is 10.6 Å². The molecule has 1 fully saturated rings. The van der Waals surface area contributed by atoms with Crippen molar-refractivity contribution in [1.29, 1.82) is 0 Å². The van der Waals surface area contributed by atoms with Crippen molar-refractivity contribution in [2.75, 3.05) is 13.2 Å². The molecule has 3 heterocycles. The predicted molar refractivity (Wildman–Crippen MR) is 77.8 cm³/mol. The maximum atomic E-state index is 12.5. The van der Waals surface area contributed by atoms with E-state index in [2.05, 4.69) is 0 Å². The molecule has 3 aliphatic heterocycles. The van der Waals surface area contributed by atoms with E-state index < -0.39 is 34.0 Å². The summed E-state index contributed by atoms with van der Waals surface area (Å²) < 4.78 is 15.9. The van der Waals surface area contributed by atoms with Crippen LogP contribution in [0.15, 0.2) is 34.1 Å². The zero-order chi connectivity index (χ0) is 15.7. The van der Waals surface area contributed by atoms with Crippen molar-refractivity contribution in [2.45, 2.75) is 12.8 Å². The third-order valence-electron chi connectivity index (χ3n) is 3.63. The Labute approximate surface area is 128 Å². The smallest absolute Gasteiger partial charge is 0.367 e. The molecule has 0 aliphatic carbocycles. The fourth-order valence-electron chi connectivity index (χ4n) is 2.61. The standard InChI is InChI=1S/C14H15NO6S/c15-12(16)11-10(9-3-5-19-6-4-9)13(17)20-22(21-14(11)18)7-1-2-8-22/h1-2,7-9H,3-6H2,(H2,15,16). The van der Waals surface area contributed by atoms with E-state index in [1.807, 2.05) is 0 Å². The monoisotopic (exact) mass is 325 g/mol. The van der Waals surface area contributed by atoms with Crippen LogP contribution in [0, 0.1) is 5.92 Å². The molecule has 1 saturated heterocycles. The first-order valence-electron chi connectivity index (χ1n) is 6.80. The number of allylic oxidation sites excluding steroid dienone is 2. The van der Waals surface area contributed by atoms with Crippen molar-refractivity contribution < 1.29 is 27.5 Å². The molecule has 1 spiro atoms. The highest BCUT2D eigenvalue weighted by Gasteiger charge is 2.41. The minimum atomic E-state index is -2.58. The van der Waals surface area contributed by atoms with Crippen LogP contribution >= 0.6 is 10.6 Å². The Bertz CT molecular complexity index is 617. The molecule has 22 heavy (non-hydrogen) atoms. The maximum absolute atomic E-state index is 12.5. The summed E-state index contributed by atoms with van der Waals surface area (Å²) in [4.78, 5) is 36.6. The second kappa shape index (κ2) is 5.62. The van der Waals surface area contributed by atoms with Crippen LogP contribution in [0.5, 0.6) is 0 Å². The molecule has 1 amide bonds. The van der Waals surface area contributed by atoms with Gasteiger partial charge in [0, 0.05) is 24.0 Å². The van der Waals surface area contributed by atoms with Crippen molar-refractivity contribution >= 4 is 28.4 Å². The molecule has 0 bridgehead atoms. The minimum absolute atomic E-state index is 0.0128. The first kappa shape index (κ1) is 14.9. The number of nitrogens with two attached hydrogens (primary N) is 1. The third kappa shape index (κ3) is 2.55. The average Bonchev–Trinajstić information content (AvgIpc) is 2.87. The summed E-state index contributed by atoms with van der Waals surface area (Å²) in [5.74, 6) is -2.92. The first-order chi connectivity index (χ1) is 10.5. The van der Waals surface area contributed by atoms with E-state index in [1.54, 1.807) is 12.2 Å². The number of ether oxygens (including phenoxy) is 1. The summed E-state index contributed by atoms with van der Waals surface area (Å²) in [5.41, 5.74) is 4.92. The highest BCUT2D eigenvalue weighted by molar-refractivity contribution is 8.31. The Morgan fingerprint density at radius 1 is 1.09 bits per heavy atom. The van der Waals surface area contributed by atoms with Crippen LogP contribution < -0.4 is 5.73 Å².